The Morgan fingerprint density at radius 2 is 1.76 bits per heavy atom. The smallest absolute Gasteiger partial charge is 0.229 e. The molecule has 3 heterocycles. The molecule has 0 saturated carbocycles. The van der Waals surface area contributed by atoms with Crippen LogP contribution in [0.3, 0.4) is 0 Å². The van der Waals surface area contributed by atoms with Crippen LogP contribution >= 0.6 is 0 Å². The first-order valence-corrected chi connectivity index (χ1v) is 11.7. The van der Waals surface area contributed by atoms with Gasteiger partial charge in [0, 0.05) is 49.3 Å². The normalized spacial score (nSPS) is 17.0. The van der Waals surface area contributed by atoms with Crippen molar-refractivity contribution in [3.05, 3.63) is 54.4 Å². The highest BCUT2D eigenvalue weighted by molar-refractivity contribution is 5.76. The average Bonchev–Trinajstić information content (AvgIpc) is 3.18. The minimum absolute atomic E-state index is 0.211. The van der Waals surface area contributed by atoms with E-state index in [1.807, 2.05) is 0 Å². The van der Waals surface area contributed by atoms with Crippen molar-refractivity contribution in [3.8, 4) is 0 Å². The van der Waals surface area contributed by atoms with Gasteiger partial charge in [0.2, 0.25) is 11.9 Å². The maximum Gasteiger partial charge on any atom is 0.229 e. The Hall–Kier alpha value is -3.39. The van der Waals surface area contributed by atoms with Crippen LogP contribution in [0, 0.1) is 0 Å². The van der Waals surface area contributed by atoms with Crippen molar-refractivity contribution in [1.29, 1.82) is 0 Å². The predicted molar refractivity (Wildman–Crippen MR) is 135 cm³/mol. The molecule has 8 heteroatoms. The number of hydrogen-bond donors (Lipinski definition) is 2. The van der Waals surface area contributed by atoms with Crippen LogP contribution in [-0.4, -0.2) is 57.6 Å². The molecule has 0 unspecified atom stereocenters. The number of nitrogens with zero attached hydrogens (tertiary/aromatic N) is 6. The zero-order chi connectivity index (χ0) is 22.8. The van der Waals surface area contributed by atoms with E-state index in [1.165, 1.54) is 11.4 Å². The predicted octanol–water partition coefficient (Wildman–Crippen LogP) is 4.55. The molecule has 0 bridgehead atoms. The second kappa shape index (κ2) is 9.23. The molecule has 3 aromatic rings. The lowest BCUT2D eigenvalue weighted by Gasteiger charge is -2.34. The van der Waals surface area contributed by atoms with Crippen molar-refractivity contribution < 1.29 is 0 Å². The summed E-state index contributed by atoms with van der Waals surface area (Å²) in [5.41, 5.74) is 5.01. The summed E-state index contributed by atoms with van der Waals surface area (Å²) >= 11 is 0. The third kappa shape index (κ3) is 4.71. The van der Waals surface area contributed by atoms with Gasteiger partial charge in [0.05, 0.1) is 6.20 Å². The van der Waals surface area contributed by atoms with Crippen LogP contribution in [0.25, 0.3) is 11.2 Å². The molecule has 2 aliphatic rings. The van der Waals surface area contributed by atoms with Crippen molar-refractivity contribution in [2.45, 2.75) is 32.7 Å². The fourth-order valence-electron chi connectivity index (χ4n) is 4.33. The molecule has 2 aromatic heterocycles. The third-order valence-corrected chi connectivity index (χ3v) is 6.23. The molecule has 1 fully saturated rings. The van der Waals surface area contributed by atoms with Gasteiger partial charge in [0.1, 0.15) is 5.52 Å². The zero-order valence-electron chi connectivity index (χ0n) is 19.6. The van der Waals surface area contributed by atoms with E-state index in [4.69, 9.17) is 9.97 Å². The quantitative estimate of drug-likeness (QED) is 0.578. The van der Waals surface area contributed by atoms with Crippen LogP contribution in [0.2, 0.25) is 0 Å². The van der Waals surface area contributed by atoms with E-state index in [9.17, 15) is 0 Å². The summed E-state index contributed by atoms with van der Waals surface area (Å²) < 4.78 is 2.14. The van der Waals surface area contributed by atoms with Gasteiger partial charge in [-0.1, -0.05) is 12.2 Å². The van der Waals surface area contributed by atoms with E-state index in [2.05, 4.69) is 93.4 Å². The van der Waals surface area contributed by atoms with E-state index in [-0.39, 0.29) is 6.04 Å². The average molecular weight is 445 g/mol. The number of likely N-dealkylation sites (N-methyl/N-ethyl adjacent to an activating group) is 1. The molecule has 1 aliphatic heterocycles. The summed E-state index contributed by atoms with van der Waals surface area (Å²) in [6.07, 6.45) is 10.2. The minimum atomic E-state index is 0.211. The van der Waals surface area contributed by atoms with Crippen LogP contribution in [0.5, 0.6) is 0 Å². The van der Waals surface area contributed by atoms with E-state index < -0.39 is 0 Å². The van der Waals surface area contributed by atoms with Crippen LogP contribution in [0.15, 0.2) is 54.4 Å². The number of hydrogen-bond acceptors (Lipinski definition) is 7. The Bertz CT molecular complexity index is 1170. The lowest BCUT2D eigenvalue weighted by molar-refractivity contribution is 0.313. The lowest BCUT2D eigenvalue weighted by Crippen LogP contribution is -2.44. The zero-order valence-corrected chi connectivity index (χ0v) is 19.6. The molecule has 33 heavy (non-hydrogen) atoms. The lowest BCUT2D eigenvalue weighted by atomic mass is 10.1. The number of nitrogens with one attached hydrogen (secondary N) is 2. The number of imidazole rings is 1. The molecule has 1 aromatic carbocycles. The SMILES string of the molecule is CC(C)n1c(NC2=CC=CCC2)nc2cnc(Nc3ccc(N4CCN(C)CC4)cc3)nc21. The van der Waals surface area contributed by atoms with Crippen molar-refractivity contribution in [2.75, 3.05) is 48.8 Å². The van der Waals surface area contributed by atoms with Gasteiger partial charge in [-0.2, -0.15) is 4.98 Å². The van der Waals surface area contributed by atoms with E-state index in [1.54, 1.807) is 6.20 Å². The fraction of sp³-hybridized carbons (Fsp3) is 0.400. The highest BCUT2D eigenvalue weighted by atomic mass is 15.3. The van der Waals surface area contributed by atoms with Crippen molar-refractivity contribution in [1.82, 2.24) is 24.4 Å². The van der Waals surface area contributed by atoms with E-state index >= 15 is 0 Å². The Kier molecular flexibility index (Phi) is 6.00. The van der Waals surface area contributed by atoms with Gasteiger partial charge in [0.25, 0.3) is 0 Å². The van der Waals surface area contributed by atoms with Crippen LogP contribution in [-0.2, 0) is 0 Å². The first-order chi connectivity index (χ1) is 16.1. The number of aromatic nitrogens is 4. The molecular weight excluding hydrogens is 412 g/mol. The topological polar surface area (TPSA) is 74.1 Å². The van der Waals surface area contributed by atoms with E-state index in [0.29, 0.717) is 5.95 Å². The Morgan fingerprint density at radius 3 is 2.45 bits per heavy atom. The summed E-state index contributed by atoms with van der Waals surface area (Å²) in [5, 5.41) is 6.85. The first kappa shape index (κ1) is 21.5. The Labute approximate surface area is 195 Å². The number of piperazine rings is 1. The molecule has 0 atom stereocenters. The first-order valence-electron chi connectivity index (χ1n) is 11.7. The molecule has 0 spiro atoms. The molecule has 0 amide bonds. The van der Waals surface area contributed by atoms with Gasteiger partial charge in [-0.25, -0.2) is 9.97 Å². The summed E-state index contributed by atoms with van der Waals surface area (Å²) in [6.45, 7) is 8.61. The maximum atomic E-state index is 4.81. The molecule has 0 radical (unpaired) electrons. The molecule has 172 valence electrons. The van der Waals surface area contributed by atoms with Gasteiger partial charge < -0.3 is 20.4 Å². The van der Waals surface area contributed by atoms with Crippen molar-refractivity contribution >= 4 is 34.4 Å². The van der Waals surface area contributed by atoms with Gasteiger partial charge in [0.15, 0.2) is 5.65 Å². The third-order valence-electron chi connectivity index (χ3n) is 6.23. The van der Waals surface area contributed by atoms with Crippen LogP contribution < -0.4 is 15.5 Å². The largest absolute Gasteiger partial charge is 0.369 e. The monoisotopic (exact) mass is 444 g/mol. The summed E-state index contributed by atoms with van der Waals surface area (Å²) in [5.74, 6) is 1.38. The Balaban J connectivity index is 1.36. The second-order valence-electron chi connectivity index (χ2n) is 9.05. The van der Waals surface area contributed by atoms with Crippen LogP contribution in [0.1, 0.15) is 32.7 Å². The van der Waals surface area contributed by atoms with Gasteiger partial charge in [-0.15, -0.1) is 0 Å². The number of anilines is 4. The molecule has 5 rings (SSSR count). The number of fused-ring (bicyclic) bond motifs is 1. The summed E-state index contributed by atoms with van der Waals surface area (Å²) in [7, 11) is 2.18. The highest BCUT2D eigenvalue weighted by Gasteiger charge is 2.17. The highest BCUT2D eigenvalue weighted by Crippen LogP contribution is 2.27. The standard InChI is InChI=1S/C25H32N8/c1-18(2)33-23-22(29-25(33)28-19-7-5-4-6-8-19)17-26-24(30-23)27-20-9-11-21(12-10-20)32-15-13-31(3)14-16-32/h4-5,7,9-12,17-18H,6,8,13-16H2,1-3H3,(H,28,29)(H,26,27,30). The molecule has 8 nitrogen and oxygen atoms in total. The maximum absolute atomic E-state index is 4.81. The fourth-order valence-corrected chi connectivity index (χ4v) is 4.33. The molecule has 2 N–H and O–H groups in total. The number of rotatable bonds is 6. The summed E-state index contributed by atoms with van der Waals surface area (Å²) in [4.78, 5) is 18.9. The van der Waals surface area contributed by atoms with Crippen molar-refractivity contribution in [2.24, 2.45) is 0 Å². The molecular formula is C25H32N8. The molecule has 1 aliphatic carbocycles. The van der Waals surface area contributed by atoms with E-state index in [0.717, 1.165) is 61.8 Å². The van der Waals surface area contributed by atoms with Gasteiger partial charge in [-0.05, 0) is 64.1 Å². The van der Waals surface area contributed by atoms with Gasteiger partial charge in [-0.3, -0.25) is 4.57 Å². The second-order valence-corrected chi connectivity index (χ2v) is 9.05. The summed E-state index contributed by atoms with van der Waals surface area (Å²) in [6, 6.07) is 8.73. The molecule has 1 saturated heterocycles. The minimum Gasteiger partial charge on any atom is -0.369 e. The number of allylic oxidation sites excluding steroid dienone is 4. The van der Waals surface area contributed by atoms with Crippen molar-refractivity contribution in [3.63, 3.8) is 0 Å². The van der Waals surface area contributed by atoms with Gasteiger partial charge >= 0.3 is 0 Å². The Morgan fingerprint density at radius 1 is 0.970 bits per heavy atom. The number of benzene rings is 1. The van der Waals surface area contributed by atoms with Crippen LogP contribution in [0.4, 0.5) is 23.3 Å².